The predicted molar refractivity (Wildman–Crippen MR) is 78.9 cm³/mol. The summed E-state index contributed by atoms with van der Waals surface area (Å²) in [6, 6.07) is 0. The minimum Gasteiger partial charge on any atom is -0.294 e. The van der Waals surface area contributed by atoms with Gasteiger partial charge in [0.15, 0.2) is 11.6 Å². The summed E-state index contributed by atoms with van der Waals surface area (Å²) in [5.41, 5.74) is 0.148. The number of carbonyl (C=O) groups excluding carboxylic acids is 4. The predicted octanol–water partition coefficient (Wildman–Crippen LogP) is 2.49. The minimum absolute atomic E-state index is 0.0740. The molecule has 0 aromatic carbocycles. The Morgan fingerprint density at radius 1 is 0.750 bits per heavy atom. The Labute approximate surface area is 125 Å². The molecule has 0 N–H and O–H groups in total. The van der Waals surface area contributed by atoms with E-state index < -0.39 is 0 Å². The molecule has 0 fully saturated rings. The summed E-state index contributed by atoms with van der Waals surface area (Å²) in [6.45, 7) is 6.82. The molecule has 0 aromatic heterocycles. The fourth-order valence-electron chi connectivity index (χ4n) is 1.90. The third-order valence-electron chi connectivity index (χ3n) is 3.00. The van der Waals surface area contributed by atoms with Gasteiger partial charge >= 0.3 is 0 Å². The number of hydrogen-bond donors (Lipinski definition) is 0. The van der Waals surface area contributed by atoms with Crippen molar-refractivity contribution in [2.45, 2.75) is 27.7 Å². The highest BCUT2D eigenvalue weighted by molar-refractivity contribution is 8.24. The molecule has 20 heavy (non-hydrogen) atoms. The SMILES string of the molecule is CC(C)C(=O)C1=C2SC(=O)C(C(=O)C(C)C)=C2SC1=O. The lowest BCUT2D eigenvalue weighted by Gasteiger charge is -2.04. The number of carbonyl (C=O) groups is 4. The van der Waals surface area contributed by atoms with E-state index in [1.165, 1.54) is 0 Å². The van der Waals surface area contributed by atoms with Gasteiger partial charge in [-0.2, -0.15) is 0 Å². The number of thioether (sulfide) groups is 2. The van der Waals surface area contributed by atoms with Crippen molar-refractivity contribution in [2.75, 3.05) is 0 Å². The van der Waals surface area contributed by atoms with Gasteiger partial charge in [0, 0.05) is 21.6 Å². The highest BCUT2D eigenvalue weighted by Crippen LogP contribution is 2.52. The van der Waals surface area contributed by atoms with Crippen LogP contribution in [0.15, 0.2) is 21.0 Å². The summed E-state index contributed by atoms with van der Waals surface area (Å²) in [5.74, 6) is -1.18. The molecule has 0 aliphatic carbocycles. The van der Waals surface area contributed by atoms with E-state index in [0.29, 0.717) is 9.81 Å². The van der Waals surface area contributed by atoms with Gasteiger partial charge in [0.2, 0.25) is 10.2 Å². The molecule has 2 aliphatic heterocycles. The van der Waals surface area contributed by atoms with Crippen LogP contribution in [0.2, 0.25) is 0 Å². The molecule has 0 radical (unpaired) electrons. The average Bonchev–Trinajstić information content (AvgIpc) is 2.80. The van der Waals surface area contributed by atoms with Crippen LogP contribution in [0.3, 0.4) is 0 Å². The molecule has 6 heteroatoms. The molecule has 0 saturated heterocycles. The Kier molecular flexibility index (Phi) is 4.07. The molecule has 4 nitrogen and oxygen atoms in total. The molecule has 2 heterocycles. The zero-order valence-corrected chi connectivity index (χ0v) is 13.2. The first kappa shape index (κ1) is 15.3. The van der Waals surface area contributed by atoms with Gasteiger partial charge in [-0.3, -0.25) is 19.2 Å². The molecule has 0 atom stereocenters. The third kappa shape index (κ3) is 2.31. The summed E-state index contributed by atoms with van der Waals surface area (Å²) in [4.78, 5) is 48.9. The summed E-state index contributed by atoms with van der Waals surface area (Å²) < 4.78 is 0. The van der Waals surface area contributed by atoms with Gasteiger partial charge in [-0.1, -0.05) is 27.7 Å². The molecule has 0 aromatic rings. The summed E-state index contributed by atoms with van der Waals surface area (Å²) >= 11 is 1.66. The zero-order chi connectivity index (χ0) is 15.2. The number of Topliss-reactive ketones (excluding diaryl/α,β-unsaturated/α-hetero) is 2. The van der Waals surface area contributed by atoms with Crippen molar-refractivity contribution < 1.29 is 19.2 Å². The van der Waals surface area contributed by atoms with Crippen molar-refractivity contribution in [1.82, 2.24) is 0 Å². The van der Waals surface area contributed by atoms with E-state index in [0.717, 1.165) is 23.5 Å². The molecule has 2 rings (SSSR count). The van der Waals surface area contributed by atoms with Gasteiger partial charge in [0.25, 0.3) is 0 Å². The molecule has 106 valence electrons. The van der Waals surface area contributed by atoms with Crippen LogP contribution in [0.25, 0.3) is 0 Å². The highest BCUT2D eigenvalue weighted by atomic mass is 32.2. The van der Waals surface area contributed by atoms with Crippen molar-refractivity contribution in [3.63, 3.8) is 0 Å². The Morgan fingerprint density at radius 3 is 1.30 bits per heavy atom. The third-order valence-corrected chi connectivity index (χ3v) is 5.13. The molecular weight excluding hydrogens is 296 g/mol. The van der Waals surface area contributed by atoms with Crippen LogP contribution in [0.5, 0.6) is 0 Å². The maximum Gasteiger partial charge on any atom is 0.228 e. The summed E-state index contributed by atoms with van der Waals surface area (Å²) in [5, 5.41) is -0.717. The molecule has 0 unspecified atom stereocenters. The minimum atomic E-state index is -0.359. The largest absolute Gasteiger partial charge is 0.294 e. The van der Waals surface area contributed by atoms with E-state index in [-0.39, 0.29) is 44.8 Å². The van der Waals surface area contributed by atoms with Crippen molar-refractivity contribution in [3.8, 4) is 0 Å². The van der Waals surface area contributed by atoms with Crippen LogP contribution < -0.4 is 0 Å². The second-order valence-corrected chi connectivity index (χ2v) is 7.19. The Balaban J connectivity index is 2.57. The van der Waals surface area contributed by atoms with E-state index in [1.54, 1.807) is 27.7 Å². The number of hydrogen-bond acceptors (Lipinski definition) is 6. The first-order valence-electron chi connectivity index (χ1n) is 6.27. The van der Waals surface area contributed by atoms with Crippen LogP contribution in [-0.2, 0) is 19.2 Å². The van der Waals surface area contributed by atoms with Gasteiger partial charge < -0.3 is 0 Å². The van der Waals surface area contributed by atoms with Crippen LogP contribution in [0.4, 0.5) is 0 Å². The maximum absolute atomic E-state index is 12.1. The van der Waals surface area contributed by atoms with Crippen LogP contribution >= 0.6 is 23.5 Å². The van der Waals surface area contributed by atoms with Crippen LogP contribution in [0.1, 0.15) is 27.7 Å². The standard InChI is InChI=1S/C14H14O4S2/c1-5(2)9(15)7-11-12(20-13(7)17)8(14(18)19-11)10(16)6(3)4/h5-6H,1-4H3. The first-order chi connectivity index (χ1) is 9.25. The van der Waals surface area contributed by atoms with E-state index in [4.69, 9.17) is 0 Å². The number of fused-ring (bicyclic) bond motifs is 1. The van der Waals surface area contributed by atoms with Crippen molar-refractivity contribution in [3.05, 3.63) is 21.0 Å². The average molecular weight is 310 g/mol. The zero-order valence-electron chi connectivity index (χ0n) is 11.6. The fraction of sp³-hybridized carbons (Fsp3) is 0.429. The highest BCUT2D eigenvalue weighted by Gasteiger charge is 2.44. The Hall–Kier alpha value is -1.14. The van der Waals surface area contributed by atoms with Gasteiger partial charge in [-0.05, 0) is 23.5 Å². The van der Waals surface area contributed by atoms with E-state index in [9.17, 15) is 19.2 Å². The monoisotopic (exact) mass is 310 g/mol. The number of rotatable bonds is 4. The lowest BCUT2D eigenvalue weighted by molar-refractivity contribution is -0.121. The van der Waals surface area contributed by atoms with Crippen molar-refractivity contribution in [1.29, 1.82) is 0 Å². The van der Waals surface area contributed by atoms with E-state index in [2.05, 4.69) is 0 Å². The summed E-state index contributed by atoms with van der Waals surface area (Å²) in [7, 11) is 0. The maximum atomic E-state index is 12.1. The fourth-order valence-corrected chi connectivity index (χ4v) is 4.24. The van der Waals surface area contributed by atoms with Gasteiger partial charge in [0.1, 0.15) is 0 Å². The molecular formula is C14H14O4S2. The lowest BCUT2D eigenvalue weighted by Crippen LogP contribution is -2.15. The van der Waals surface area contributed by atoms with Crippen molar-refractivity contribution >= 4 is 45.3 Å². The quantitative estimate of drug-likeness (QED) is 0.743. The van der Waals surface area contributed by atoms with Gasteiger partial charge in [-0.25, -0.2) is 0 Å². The van der Waals surface area contributed by atoms with Gasteiger partial charge in [0.05, 0.1) is 11.1 Å². The number of ketones is 2. The molecule has 0 bridgehead atoms. The van der Waals surface area contributed by atoms with Crippen molar-refractivity contribution in [2.24, 2.45) is 11.8 Å². The van der Waals surface area contributed by atoms with Crippen LogP contribution in [0, 0.1) is 11.8 Å². The van der Waals surface area contributed by atoms with E-state index >= 15 is 0 Å². The van der Waals surface area contributed by atoms with Gasteiger partial charge in [-0.15, -0.1) is 0 Å². The second-order valence-electron chi connectivity index (χ2n) is 5.23. The molecule has 0 amide bonds. The first-order valence-corrected chi connectivity index (χ1v) is 7.90. The Morgan fingerprint density at radius 2 is 1.05 bits per heavy atom. The molecule has 0 saturated carbocycles. The second kappa shape index (κ2) is 5.33. The summed E-state index contributed by atoms with van der Waals surface area (Å²) in [6.07, 6.45) is 0. The van der Waals surface area contributed by atoms with E-state index in [1.807, 2.05) is 0 Å². The smallest absolute Gasteiger partial charge is 0.228 e. The van der Waals surface area contributed by atoms with Crippen LogP contribution in [-0.4, -0.2) is 21.8 Å². The Bertz CT molecular complexity index is 555. The molecule has 2 aliphatic rings. The lowest BCUT2D eigenvalue weighted by atomic mass is 9.99. The normalized spacial score (nSPS) is 18.7. The topological polar surface area (TPSA) is 68.3 Å². The molecule has 0 spiro atoms.